The van der Waals surface area contributed by atoms with Crippen molar-refractivity contribution in [3.05, 3.63) is 65.9 Å². The molecule has 5 rings (SSSR count). The van der Waals surface area contributed by atoms with Crippen molar-refractivity contribution in [1.29, 1.82) is 0 Å². The summed E-state index contributed by atoms with van der Waals surface area (Å²) in [6.07, 6.45) is 12.6. The van der Waals surface area contributed by atoms with Gasteiger partial charge < -0.3 is 10.4 Å². The largest absolute Gasteiger partial charge is 0.396 e. The Balaban J connectivity index is 1.25. The van der Waals surface area contributed by atoms with Crippen LogP contribution in [0.2, 0.25) is 0 Å². The second kappa shape index (κ2) is 8.92. The number of nitrogens with zero attached hydrogens (tertiary/aromatic N) is 2. The zero-order valence-electron chi connectivity index (χ0n) is 18.2. The van der Waals surface area contributed by atoms with Gasteiger partial charge in [-0.05, 0) is 91.3 Å². The lowest BCUT2D eigenvalue weighted by molar-refractivity contribution is -0.122. The quantitative estimate of drug-likeness (QED) is 0.569. The van der Waals surface area contributed by atoms with Gasteiger partial charge in [-0.1, -0.05) is 5.92 Å². The van der Waals surface area contributed by atoms with Gasteiger partial charge in [0.25, 0.3) is 0 Å². The summed E-state index contributed by atoms with van der Waals surface area (Å²) >= 11 is 0. The predicted octanol–water partition coefficient (Wildman–Crippen LogP) is 4.52. The van der Waals surface area contributed by atoms with E-state index in [-0.39, 0.29) is 24.2 Å². The second-order valence-electron chi connectivity index (χ2n) is 9.34. The molecule has 33 heavy (non-hydrogen) atoms. The number of anilines is 1. The summed E-state index contributed by atoms with van der Waals surface area (Å²) in [5, 5.41) is 13.8. The van der Waals surface area contributed by atoms with E-state index in [2.05, 4.69) is 21.2 Å². The third-order valence-electron chi connectivity index (χ3n) is 7.51. The first-order chi connectivity index (χ1) is 16.1. The average Bonchev–Trinajstić information content (AvgIpc) is 3.39. The number of fused-ring (bicyclic) bond motifs is 2. The zero-order chi connectivity index (χ0) is 22.9. The maximum absolute atomic E-state index is 13.9. The van der Waals surface area contributed by atoms with Crippen molar-refractivity contribution in [2.75, 3.05) is 11.9 Å². The average molecular weight is 444 g/mol. The number of hydrogen-bond donors (Lipinski definition) is 2. The molecule has 0 spiro atoms. The Hall–Kier alpha value is -3.30. The molecule has 1 amide bonds. The molecule has 5 atom stereocenters. The molecule has 5 nitrogen and oxygen atoms in total. The molecule has 2 saturated carbocycles. The Morgan fingerprint density at radius 2 is 1.94 bits per heavy atom. The van der Waals surface area contributed by atoms with Gasteiger partial charge >= 0.3 is 0 Å². The highest BCUT2D eigenvalue weighted by Crippen LogP contribution is 2.54. The van der Waals surface area contributed by atoms with Crippen LogP contribution in [0.1, 0.15) is 42.9 Å². The normalized spacial score (nSPS) is 24.9. The second-order valence-corrected chi connectivity index (χ2v) is 9.34. The highest BCUT2D eigenvalue weighted by molar-refractivity contribution is 5.92. The lowest BCUT2D eigenvalue weighted by Gasteiger charge is -2.23. The minimum Gasteiger partial charge on any atom is -0.396 e. The summed E-state index contributed by atoms with van der Waals surface area (Å²) in [6.45, 7) is -0.177. The number of aromatic nitrogens is 2. The number of pyridine rings is 2. The number of aliphatic hydroxyl groups excluding tert-OH is 1. The fourth-order valence-corrected chi connectivity index (χ4v) is 5.98. The van der Waals surface area contributed by atoms with Gasteiger partial charge in [0.1, 0.15) is 11.5 Å². The molecule has 0 bridgehead atoms. The smallest absolute Gasteiger partial charge is 0.230 e. The van der Waals surface area contributed by atoms with Crippen molar-refractivity contribution < 1.29 is 14.3 Å². The van der Waals surface area contributed by atoms with Crippen LogP contribution < -0.4 is 5.32 Å². The van der Waals surface area contributed by atoms with Gasteiger partial charge in [-0.25, -0.2) is 9.37 Å². The number of benzene rings is 1. The van der Waals surface area contributed by atoms with Gasteiger partial charge in [0.2, 0.25) is 5.91 Å². The van der Waals surface area contributed by atoms with Crippen LogP contribution >= 0.6 is 0 Å². The fourth-order valence-electron chi connectivity index (χ4n) is 5.98. The maximum Gasteiger partial charge on any atom is 0.230 e. The highest BCUT2D eigenvalue weighted by Gasteiger charge is 2.45. The van der Waals surface area contributed by atoms with E-state index in [4.69, 9.17) is 6.42 Å². The third-order valence-corrected chi connectivity index (χ3v) is 7.51. The van der Waals surface area contributed by atoms with Crippen LogP contribution in [0.3, 0.4) is 0 Å². The van der Waals surface area contributed by atoms with E-state index in [1.807, 2.05) is 12.3 Å². The van der Waals surface area contributed by atoms with Gasteiger partial charge in [0, 0.05) is 11.6 Å². The van der Waals surface area contributed by atoms with Gasteiger partial charge in [-0.15, -0.1) is 6.42 Å². The number of amides is 1. The minimum absolute atomic E-state index is 0.149. The first-order valence-corrected chi connectivity index (χ1v) is 11.4. The van der Waals surface area contributed by atoms with Crippen molar-refractivity contribution in [2.45, 2.75) is 31.6 Å². The van der Waals surface area contributed by atoms with E-state index in [1.165, 1.54) is 17.8 Å². The van der Waals surface area contributed by atoms with Crippen molar-refractivity contribution >= 4 is 22.5 Å². The minimum atomic E-state index is -0.447. The van der Waals surface area contributed by atoms with E-state index in [0.717, 1.165) is 36.6 Å². The van der Waals surface area contributed by atoms with E-state index in [9.17, 15) is 14.3 Å². The van der Waals surface area contributed by atoms with Crippen molar-refractivity contribution in [1.82, 2.24) is 9.97 Å². The molecule has 2 heterocycles. The number of rotatable bonds is 5. The fraction of sp³-hybridized carbons (Fsp3) is 0.370. The van der Waals surface area contributed by atoms with Crippen molar-refractivity contribution in [3.8, 4) is 12.3 Å². The Morgan fingerprint density at radius 1 is 1.15 bits per heavy atom. The zero-order valence-corrected chi connectivity index (χ0v) is 18.2. The summed E-state index contributed by atoms with van der Waals surface area (Å²) in [7, 11) is 0. The molecular weight excluding hydrogens is 417 g/mol. The van der Waals surface area contributed by atoms with Crippen LogP contribution in [0.4, 0.5) is 10.1 Å². The summed E-state index contributed by atoms with van der Waals surface area (Å²) in [4.78, 5) is 21.4. The molecule has 6 heteroatoms. The Morgan fingerprint density at radius 3 is 2.61 bits per heavy atom. The Kier molecular flexibility index (Phi) is 5.82. The monoisotopic (exact) mass is 443 g/mol. The molecule has 2 aliphatic rings. The Bertz CT molecular complexity index is 1210. The van der Waals surface area contributed by atoms with E-state index < -0.39 is 5.92 Å². The number of terminal acetylenes is 1. The molecule has 2 N–H and O–H groups in total. The van der Waals surface area contributed by atoms with E-state index >= 15 is 0 Å². The molecule has 2 aromatic heterocycles. The molecular formula is C27H26FN3O2. The summed E-state index contributed by atoms with van der Waals surface area (Å²) in [6, 6.07) is 10.2. The highest BCUT2D eigenvalue weighted by atomic mass is 19.1. The summed E-state index contributed by atoms with van der Waals surface area (Å²) < 4.78 is 13.9. The molecule has 0 saturated heterocycles. The third kappa shape index (κ3) is 4.21. The molecule has 168 valence electrons. The molecule has 3 unspecified atom stereocenters. The summed E-state index contributed by atoms with van der Waals surface area (Å²) in [5.41, 5.74) is 3.08. The lowest BCUT2D eigenvalue weighted by atomic mass is 9.85. The molecule has 0 aliphatic heterocycles. The number of aliphatic hydroxyl groups is 1. The van der Waals surface area contributed by atoms with Crippen LogP contribution in [-0.4, -0.2) is 27.6 Å². The van der Waals surface area contributed by atoms with E-state index in [1.54, 1.807) is 24.3 Å². The number of hydrogen-bond acceptors (Lipinski definition) is 4. The van der Waals surface area contributed by atoms with Crippen LogP contribution in [-0.2, 0) is 4.79 Å². The molecule has 1 aromatic carbocycles. The van der Waals surface area contributed by atoms with Crippen LogP contribution in [0.25, 0.3) is 10.9 Å². The number of carbonyl (C=O) groups excluding carboxylic acids is 1. The number of carbonyl (C=O) groups is 1. The first kappa shape index (κ1) is 21.5. The summed E-state index contributed by atoms with van der Waals surface area (Å²) in [5.74, 6) is 3.13. The standard InChI is InChI=1S/C27H26FN3O2/c1-2-21-4-5-22(14-30-21)31-27(33)25(15-32)19-11-16-9-18(10-17(16)12-19)23-7-8-29-26-6-3-20(28)13-24(23)26/h1,3-8,13-14,16-19,25,32H,9-12,15H2,(H,31,33)/t16-,17+,18?,19?,25?. The van der Waals surface area contributed by atoms with Crippen molar-refractivity contribution in [2.24, 2.45) is 23.7 Å². The van der Waals surface area contributed by atoms with E-state index in [0.29, 0.717) is 29.1 Å². The van der Waals surface area contributed by atoms with Gasteiger partial charge in [-0.2, -0.15) is 0 Å². The lowest BCUT2D eigenvalue weighted by Crippen LogP contribution is -2.31. The molecule has 2 fully saturated rings. The number of halogens is 1. The predicted molar refractivity (Wildman–Crippen MR) is 125 cm³/mol. The Labute approximate surface area is 192 Å². The van der Waals surface area contributed by atoms with Gasteiger partial charge in [0.05, 0.1) is 29.9 Å². The van der Waals surface area contributed by atoms with Gasteiger partial charge in [-0.3, -0.25) is 9.78 Å². The van der Waals surface area contributed by atoms with Crippen LogP contribution in [0.15, 0.2) is 48.8 Å². The van der Waals surface area contributed by atoms with Gasteiger partial charge in [0.15, 0.2) is 0 Å². The topological polar surface area (TPSA) is 75.1 Å². The first-order valence-electron chi connectivity index (χ1n) is 11.4. The molecule has 0 radical (unpaired) electrons. The molecule has 2 aliphatic carbocycles. The van der Waals surface area contributed by atoms with Crippen molar-refractivity contribution in [3.63, 3.8) is 0 Å². The van der Waals surface area contributed by atoms with Crippen LogP contribution in [0.5, 0.6) is 0 Å². The molecule has 3 aromatic rings. The SMILES string of the molecule is C#Cc1ccc(NC(=O)C(CO)C2C[C@H]3CC(c4ccnc5ccc(F)cc45)C[C@H]3C2)cn1. The number of nitrogens with one attached hydrogen (secondary N) is 1. The maximum atomic E-state index is 13.9. The van der Waals surface area contributed by atoms with Crippen LogP contribution in [0, 0.1) is 41.8 Å².